The van der Waals surface area contributed by atoms with E-state index >= 15 is 0 Å². The van der Waals surface area contributed by atoms with E-state index in [2.05, 4.69) is 10.6 Å². The molecular weight excluding hydrogens is 291 g/mol. The molecule has 2 amide bonds. The van der Waals surface area contributed by atoms with Crippen LogP contribution >= 0.6 is 23.2 Å². The quantitative estimate of drug-likeness (QED) is 0.753. The highest BCUT2D eigenvalue weighted by Gasteiger charge is 2.10. The number of benzene rings is 1. The van der Waals surface area contributed by atoms with Crippen molar-refractivity contribution in [2.75, 3.05) is 19.7 Å². The lowest BCUT2D eigenvalue weighted by atomic mass is 10.3. The molecule has 0 aromatic heterocycles. The number of hydrogen-bond donors (Lipinski definition) is 3. The zero-order valence-corrected chi connectivity index (χ0v) is 12.0. The summed E-state index contributed by atoms with van der Waals surface area (Å²) >= 11 is 11.8. The number of carbonyl (C=O) groups excluding carboxylic acids is 1. The van der Waals surface area contributed by atoms with Gasteiger partial charge < -0.3 is 20.5 Å². The first kappa shape index (κ1) is 15.9. The SMILES string of the molecule is CCNC(=O)NC[C@@H](O)COc1cccc(Cl)c1Cl. The second-order valence-corrected chi connectivity index (χ2v) is 4.54. The molecule has 0 saturated carbocycles. The van der Waals surface area contributed by atoms with Crippen LogP contribution in [0.5, 0.6) is 5.75 Å². The van der Waals surface area contributed by atoms with Gasteiger partial charge in [-0.05, 0) is 19.1 Å². The van der Waals surface area contributed by atoms with Crippen LogP contribution in [0.25, 0.3) is 0 Å². The Morgan fingerprint density at radius 2 is 2.16 bits per heavy atom. The maximum absolute atomic E-state index is 11.1. The van der Waals surface area contributed by atoms with E-state index in [1.54, 1.807) is 25.1 Å². The molecule has 5 nitrogen and oxygen atoms in total. The molecule has 0 saturated heterocycles. The first-order valence-electron chi connectivity index (χ1n) is 5.81. The summed E-state index contributed by atoms with van der Waals surface area (Å²) in [6, 6.07) is 4.66. The van der Waals surface area contributed by atoms with Crippen molar-refractivity contribution in [2.45, 2.75) is 13.0 Å². The minimum Gasteiger partial charge on any atom is -0.489 e. The summed E-state index contributed by atoms with van der Waals surface area (Å²) < 4.78 is 5.33. The van der Waals surface area contributed by atoms with Crippen molar-refractivity contribution in [3.05, 3.63) is 28.2 Å². The largest absolute Gasteiger partial charge is 0.489 e. The fraction of sp³-hybridized carbons (Fsp3) is 0.417. The first-order valence-corrected chi connectivity index (χ1v) is 6.56. The van der Waals surface area contributed by atoms with Crippen LogP contribution in [0.2, 0.25) is 10.0 Å². The van der Waals surface area contributed by atoms with Gasteiger partial charge in [0.25, 0.3) is 0 Å². The standard InChI is InChI=1S/C12H16Cl2N2O3/c1-2-15-12(18)16-6-8(17)7-19-10-5-3-4-9(13)11(10)14/h3-5,8,17H,2,6-7H2,1H3,(H2,15,16,18)/t8-/m1/s1. The predicted octanol–water partition coefficient (Wildman–Crippen LogP) is 2.05. The van der Waals surface area contributed by atoms with E-state index in [1.807, 2.05) is 0 Å². The normalized spacial score (nSPS) is 11.8. The topological polar surface area (TPSA) is 70.6 Å². The van der Waals surface area contributed by atoms with Crippen LogP contribution in [0.4, 0.5) is 4.79 Å². The molecule has 0 spiro atoms. The Kier molecular flexibility index (Phi) is 6.77. The highest BCUT2D eigenvalue weighted by molar-refractivity contribution is 6.42. The number of halogens is 2. The number of nitrogens with one attached hydrogen (secondary N) is 2. The second-order valence-electron chi connectivity index (χ2n) is 3.76. The molecule has 0 fully saturated rings. The summed E-state index contributed by atoms with van der Waals surface area (Å²) in [5, 5.41) is 15.4. The van der Waals surface area contributed by atoms with Crippen LogP contribution < -0.4 is 15.4 Å². The summed E-state index contributed by atoms with van der Waals surface area (Å²) in [6.07, 6.45) is -0.836. The van der Waals surface area contributed by atoms with Gasteiger partial charge in [-0.3, -0.25) is 0 Å². The van der Waals surface area contributed by atoms with Crippen LogP contribution in [-0.4, -0.2) is 36.9 Å². The molecule has 1 aromatic rings. The van der Waals surface area contributed by atoms with Crippen LogP contribution in [0.3, 0.4) is 0 Å². The highest BCUT2D eigenvalue weighted by Crippen LogP contribution is 2.31. The van der Waals surface area contributed by atoms with Crippen LogP contribution in [0.15, 0.2) is 18.2 Å². The lowest BCUT2D eigenvalue weighted by Crippen LogP contribution is -2.41. The third-order valence-corrected chi connectivity index (χ3v) is 2.98. The van der Waals surface area contributed by atoms with Gasteiger partial charge in [-0.2, -0.15) is 0 Å². The molecule has 106 valence electrons. The van der Waals surface area contributed by atoms with Gasteiger partial charge in [0.1, 0.15) is 23.5 Å². The molecule has 0 radical (unpaired) electrons. The van der Waals surface area contributed by atoms with Crippen molar-refractivity contribution in [2.24, 2.45) is 0 Å². The van der Waals surface area contributed by atoms with E-state index in [4.69, 9.17) is 27.9 Å². The van der Waals surface area contributed by atoms with Crippen molar-refractivity contribution in [1.29, 1.82) is 0 Å². The van der Waals surface area contributed by atoms with Gasteiger partial charge in [0.15, 0.2) is 0 Å². The maximum atomic E-state index is 11.1. The first-order chi connectivity index (χ1) is 9.04. The minimum absolute atomic E-state index is 0.00642. The van der Waals surface area contributed by atoms with E-state index in [9.17, 15) is 9.90 Å². The van der Waals surface area contributed by atoms with Gasteiger partial charge in [0.05, 0.1) is 5.02 Å². The van der Waals surface area contributed by atoms with E-state index in [1.165, 1.54) is 0 Å². The number of aliphatic hydroxyl groups is 1. The smallest absolute Gasteiger partial charge is 0.314 e. The van der Waals surface area contributed by atoms with Gasteiger partial charge in [0, 0.05) is 13.1 Å². The Bertz CT molecular complexity index is 429. The Balaban J connectivity index is 2.36. The van der Waals surface area contributed by atoms with Crippen molar-refractivity contribution in [3.63, 3.8) is 0 Å². The van der Waals surface area contributed by atoms with Crippen LogP contribution in [0, 0.1) is 0 Å². The van der Waals surface area contributed by atoms with E-state index < -0.39 is 6.10 Å². The monoisotopic (exact) mass is 306 g/mol. The predicted molar refractivity (Wildman–Crippen MR) is 75.0 cm³/mol. The molecule has 7 heteroatoms. The number of amides is 2. The summed E-state index contributed by atoms with van der Waals surface area (Å²) in [4.78, 5) is 11.1. The van der Waals surface area contributed by atoms with E-state index in [-0.39, 0.29) is 19.2 Å². The van der Waals surface area contributed by atoms with Gasteiger partial charge in [-0.1, -0.05) is 29.3 Å². The molecule has 0 bridgehead atoms. The highest BCUT2D eigenvalue weighted by atomic mass is 35.5. The molecule has 19 heavy (non-hydrogen) atoms. The minimum atomic E-state index is -0.836. The molecule has 0 aliphatic rings. The summed E-state index contributed by atoms with van der Waals surface area (Å²) in [5.41, 5.74) is 0. The van der Waals surface area contributed by atoms with Gasteiger partial charge in [0.2, 0.25) is 0 Å². The number of hydrogen-bond acceptors (Lipinski definition) is 3. The number of aliphatic hydroxyl groups excluding tert-OH is 1. The lowest BCUT2D eigenvalue weighted by Gasteiger charge is -2.14. The van der Waals surface area contributed by atoms with Gasteiger partial charge in [-0.15, -0.1) is 0 Å². The molecule has 1 rings (SSSR count). The van der Waals surface area contributed by atoms with E-state index in [0.717, 1.165) is 0 Å². The van der Waals surface area contributed by atoms with Crippen molar-refractivity contribution < 1.29 is 14.6 Å². The van der Waals surface area contributed by atoms with Crippen molar-refractivity contribution >= 4 is 29.2 Å². The Hall–Kier alpha value is -1.17. The van der Waals surface area contributed by atoms with Gasteiger partial charge >= 0.3 is 6.03 Å². The van der Waals surface area contributed by atoms with Crippen molar-refractivity contribution in [3.8, 4) is 5.75 Å². The van der Waals surface area contributed by atoms with Gasteiger partial charge in [-0.25, -0.2) is 4.79 Å². The number of carbonyl (C=O) groups is 1. The molecule has 1 atom stereocenters. The molecule has 0 heterocycles. The Morgan fingerprint density at radius 3 is 2.84 bits per heavy atom. The number of urea groups is 1. The fourth-order valence-corrected chi connectivity index (χ4v) is 1.62. The number of ether oxygens (including phenoxy) is 1. The zero-order valence-electron chi connectivity index (χ0n) is 10.5. The van der Waals surface area contributed by atoms with E-state index in [0.29, 0.717) is 22.3 Å². The lowest BCUT2D eigenvalue weighted by molar-refractivity contribution is 0.108. The molecule has 1 aromatic carbocycles. The van der Waals surface area contributed by atoms with Crippen molar-refractivity contribution in [1.82, 2.24) is 10.6 Å². The fourth-order valence-electron chi connectivity index (χ4n) is 1.27. The number of rotatable bonds is 6. The average Bonchev–Trinajstić information content (AvgIpc) is 2.38. The summed E-state index contributed by atoms with van der Waals surface area (Å²) in [7, 11) is 0. The summed E-state index contributed by atoms with van der Waals surface area (Å²) in [6.45, 7) is 2.42. The maximum Gasteiger partial charge on any atom is 0.314 e. The molecule has 0 aliphatic heterocycles. The second kappa shape index (κ2) is 8.09. The summed E-state index contributed by atoms with van der Waals surface area (Å²) in [5.74, 6) is 0.395. The average molecular weight is 307 g/mol. The molecular formula is C12H16Cl2N2O3. The third kappa shape index (κ3) is 5.55. The molecule has 0 unspecified atom stereocenters. The zero-order chi connectivity index (χ0) is 14.3. The third-order valence-electron chi connectivity index (χ3n) is 2.18. The van der Waals surface area contributed by atoms with Crippen LogP contribution in [0.1, 0.15) is 6.92 Å². The molecule has 3 N–H and O–H groups in total. The van der Waals surface area contributed by atoms with Crippen LogP contribution in [-0.2, 0) is 0 Å². The Morgan fingerprint density at radius 1 is 1.42 bits per heavy atom. The Labute approximate surface area is 121 Å². The molecule has 0 aliphatic carbocycles.